The predicted molar refractivity (Wildman–Crippen MR) is 72.6 cm³/mol. The molecule has 0 saturated heterocycles. The Morgan fingerprint density at radius 2 is 1.83 bits per heavy atom. The molecule has 2 rings (SSSR count). The molecule has 0 saturated carbocycles. The lowest BCUT2D eigenvalue weighted by Crippen LogP contribution is -2.00. The Balaban J connectivity index is 0.000000357. The fraction of sp³-hybridized carbons (Fsp3) is 0.214. The molecular weight excluding hydrogens is 228 g/mol. The molecule has 0 aliphatic carbocycles. The third-order valence-corrected chi connectivity index (χ3v) is 1.89. The highest BCUT2D eigenvalue weighted by Crippen LogP contribution is 2.12. The second-order valence-corrected chi connectivity index (χ2v) is 4.27. The van der Waals surface area contributed by atoms with E-state index in [2.05, 4.69) is 0 Å². The van der Waals surface area contributed by atoms with Crippen LogP contribution in [0.1, 0.15) is 16.1 Å². The van der Waals surface area contributed by atoms with E-state index in [-0.39, 0.29) is 5.78 Å². The van der Waals surface area contributed by atoms with Gasteiger partial charge in [0, 0.05) is 11.3 Å². The number of nitrogens with zero attached hydrogens (tertiary/aromatic N) is 1. The highest BCUT2D eigenvalue weighted by atomic mass is 16.3. The maximum absolute atomic E-state index is 11.7. The van der Waals surface area contributed by atoms with Crippen LogP contribution in [0.15, 0.2) is 47.1 Å². The average molecular weight is 246 g/mol. The van der Waals surface area contributed by atoms with E-state index < -0.39 is 0 Å². The first-order chi connectivity index (χ1) is 8.50. The molecule has 0 aliphatic heterocycles. The summed E-state index contributed by atoms with van der Waals surface area (Å²) < 4.78 is 5.00. The van der Waals surface area contributed by atoms with Gasteiger partial charge in [0.2, 0.25) is 5.78 Å². The van der Waals surface area contributed by atoms with E-state index in [9.17, 15) is 4.79 Å². The SMILES string of the molecule is CN(C)C.Nc1cccc(C(=O)c2ccco2)c1. The second-order valence-electron chi connectivity index (χ2n) is 4.27. The lowest BCUT2D eigenvalue weighted by Gasteiger charge is -1.98. The monoisotopic (exact) mass is 246 g/mol. The van der Waals surface area contributed by atoms with Gasteiger partial charge in [-0.15, -0.1) is 0 Å². The van der Waals surface area contributed by atoms with Crippen LogP contribution in [0.5, 0.6) is 0 Å². The van der Waals surface area contributed by atoms with Crippen LogP contribution in [0.2, 0.25) is 0 Å². The van der Waals surface area contributed by atoms with Crippen LogP contribution in [0.4, 0.5) is 5.69 Å². The van der Waals surface area contributed by atoms with E-state index in [1.54, 1.807) is 36.4 Å². The summed E-state index contributed by atoms with van der Waals surface area (Å²) in [6.07, 6.45) is 1.47. The van der Waals surface area contributed by atoms with Crippen molar-refractivity contribution in [3.8, 4) is 0 Å². The van der Waals surface area contributed by atoms with Gasteiger partial charge in [-0.05, 0) is 45.4 Å². The van der Waals surface area contributed by atoms with Gasteiger partial charge in [-0.2, -0.15) is 0 Å². The number of furan rings is 1. The summed E-state index contributed by atoms with van der Waals surface area (Å²) in [6, 6.07) is 10.1. The van der Waals surface area contributed by atoms with E-state index in [0.29, 0.717) is 17.0 Å². The number of hydrogen-bond acceptors (Lipinski definition) is 4. The van der Waals surface area contributed by atoms with Crippen LogP contribution < -0.4 is 5.73 Å². The summed E-state index contributed by atoms with van der Waals surface area (Å²) >= 11 is 0. The number of ketones is 1. The first kappa shape index (κ1) is 14.0. The van der Waals surface area contributed by atoms with Gasteiger partial charge in [0.05, 0.1) is 6.26 Å². The lowest BCUT2D eigenvalue weighted by molar-refractivity contribution is 0.101. The Kier molecular flexibility index (Phi) is 5.14. The number of carbonyl (C=O) groups excluding carboxylic acids is 1. The molecule has 1 aromatic heterocycles. The molecule has 0 unspecified atom stereocenters. The molecule has 4 nitrogen and oxygen atoms in total. The number of nitrogen functional groups attached to an aromatic ring is 1. The van der Waals surface area contributed by atoms with Crippen LogP contribution in [0.25, 0.3) is 0 Å². The number of benzene rings is 1. The van der Waals surface area contributed by atoms with Crippen molar-refractivity contribution in [3.63, 3.8) is 0 Å². The smallest absolute Gasteiger partial charge is 0.228 e. The number of nitrogens with two attached hydrogens (primary N) is 1. The predicted octanol–water partition coefficient (Wildman–Crippen LogP) is 2.27. The second kappa shape index (κ2) is 6.61. The summed E-state index contributed by atoms with van der Waals surface area (Å²) in [5, 5.41) is 0. The zero-order chi connectivity index (χ0) is 13.5. The number of anilines is 1. The van der Waals surface area contributed by atoms with Crippen LogP contribution in [-0.2, 0) is 0 Å². The topological polar surface area (TPSA) is 59.5 Å². The van der Waals surface area contributed by atoms with E-state index in [4.69, 9.17) is 10.2 Å². The minimum Gasteiger partial charge on any atom is -0.461 e. The number of rotatable bonds is 2. The molecule has 0 spiro atoms. The van der Waals surface area contributed by atoms with Gasteiger partial charge in [-0.25, -0.2) is 0 Å². The molecule has 18 heavy (non-hydrogen) atoms. The van der Waals surface area contributed by atoms with Gasteiger partial charge in [0.25, 0.3) is 0 Å². The molecule has 0 atom stereocenters. The highest BCUT2D eigenvalue weighted by molar-refractivity contribution is 6.07. The van der Waals surface area contributed by atoms with E-state index >= 15 is 0 Å². The lowest BCUT2D eigenvalue weighted by atomic mass is 10.1. The van der Waals surface area contributed by atoms with Crippen molar-refractivity contribution in [2.24, 2.45) is 0 Å². The van der Waals surface area contributed by atoms with Gasteiger partial charge in [-0.3, -0.25) is 4.79 Å². The molecule has 0 radical (unpaired) electrons. The molecule has 2 N–H and O–H groups in total. The molecule has 2 aromatic rings. The van der Waals surface area contributed by atoms with Crippen LogP contribution in [0, 0.1) is 0 Å². The van der Waals surface area contributed by atoms with Gasteiger partial charge < -0.3 is 15.1 Å². The largest absolute Gasteiger partial charge is 0.461 e. The van der Waals surface area contributed by atoms with Gasteiger partial charge in [0.1, 0.15) is 0 Å². The summed E-state index contributed by atoms with van der Waals surface area (Å²) in [7, 11) is 6.00. The maximum atomic E-state index is 11.7. The Bertz CT molecular complexity index is 488. The molecule has 96 valence electrons. The van der Waals surface area contributed by atoms with Crippen molar-refractivity contribution in [2.45, 2.75) is 0 Å². The van der Waals surface area contributed by atoms with Gasteiger partial charge in [-0.1, -0.05) is 12.1 Å². The standard InChI is InChI=1S/C11H9NO2.C3H9N/c12-9-4-1-3-8(7-9)11(13)10-5-2-6-14-10;1-4(2)3/h1-7H,12H2;1-3H3. The molecule has 4 heteroatoms. The summed E-state index contributed by atoms with van der Waals surface area (Å²) in [5.74, 6) is 0.179. The molecule has 1 heterocycles. The molecule has 0 fully saturated rings. The van der Waals surface area contributed by atoms with Crippen LogP contribution in [0.3, 0.4) is 0 Å². The zero-order valence-corrected chi connectivity index (χ0v) is 10.9. The zero-order valence-electron chi connectivity index (χ0n) is 10.9. The van der Waals surface area contributed by atoms with Crippen molar-refractivity contribution < 1.29 is 9.21 Å². The average Bonchev–Trinajstić information content (AvgIpc) is 2.80. The summed E-state index contributed by atoms with van der Waals surface area (Å²) in [5.41, 5.74) is 6.68. The Morgan fingerprint density at radius 3 is 2.33 bits per heavy atom. The van der Waals surface area contributed by atoms with E-state index in [1.807, 2.05) is 26.0 Å². The molecule has 0 amide bonds. The maximum Gasteiger partial charge on any atom is 0.228 e. The Morgan fingerprint density at radius 1 is 1.17 bits per heavy atom. The highest BCUT2D eigenvalue weighted by Gasteiger charge is 2.10. The van der Waals surface area contributed by atoms with Crippen molar-refractivity contribution in [2.75, 3.05) is 26.9 Å². The van der Waals surface area contributed by atoms with Crippen LogP contribution >= 0.6 is 0 Å². The van der Waals surface area contributed by atoms with Gasteiger partial charge >= 0.3 is 0 Å². The quantitative estimate of drug-likeness (QED) is 0.652. The molecule has 1 aromatic carbocycles. The third-order valence-electron chi connectivity index (χ3n) is 1.89. The Labute approximate surface area is 107 Å². The first-order valence-electron chi connectivity index (χ1n) is 5.55. The normalized spacial score (nSPS) is 9.78. The number of carbonyl (C=O) groups is 1. The van der Waals surface area contributed by atoms with Crippen molar-refractivity contribution in [1.29, 1.82) is 0 Å². The molecule has 0 bridgehead atoms. The van der Waals surface area contributed by atoms with Crippen molar-refractivity contribution >= 4 is 11.5 Å². The summed E-state index contributed by atoms with van der Waals surface area (Å²) in [6.45, 7) is 0. The van der Waals surface area contributed by atoms with Gasteiger partial charge in [0.15, 0.2) is 5.76 Å². The fourth-order valence-electron chi connectivity index (χ4n) is 1.23. The minimum atomic E-state index is -0.151. The van der Waals surface area contributed by atoms with Crippen molar-refractivity contribution in [1.82, 2.24) is 4.90 Å². The first-order valence-corrected chi connectivity index (χ1v) is 5.55. The third kappa shape index (κ3) is 4.43. The van der Waals surface area contributed by atoms with E-state index in [0.717, 1.165) is 0 Å². The summed E-state index contributed by atoms with van der Waals surface area (Å²) in [4.78, 5) is 13.7. The molecule has 0 aliphatic rings. The number of hydrogen-bond donors (Lipinski definition) is 1. The van der Waals surface area contributed by atoms with E-state index in [1.165, 1.54) is 6.26 Å². The molecular formula is C14H18N2O2. The van der Waals surface area contributed by atoms with Crippen LogP contribution in [-0.4, -0.2) is 31.8 Å². The Hall–Kier alpha value is -2.07. The fourth-order valence-corrected chi connectivity index (χ4v) is 1.23. The minimum absolute atomic E-state index is 0.151. The van der Waals surface area contributed by atoms with Crippen molar-refractivity contribution in [3.05, 3.63) is 54.0 Å².